The van der Waals surface area contributed by atoms with Gasteiger partial charge in [-0.05, 0) is 43.0 Å². The Hall–Kier alpha value is -1.99. The number of aliphatic hydroxyl groups excluding tert-OH is 1. The summed E-state index contributed by atoms with van der Waals surface area (Å²) in [5, 5.41) is 17.1. The van der Waals surface area contributed by atoms with Gasteiger partial charge in [0.15, 0.2) is 0 Å². The van der Waals surface area contributed by atoms with Crippen molar-refractivity contribution in [3.63, 3.8) is 0 Å². The standard InChI is InChI=1S/C24H28NOP/c1-3-20-12-10-11-17-23(20)27(22-15-8-5-9-16-22)18-25-19(2)24(26)21-13-6-4-7-14-21/h4-17,19,24-26H,3,18H2,1-2H3/t19-,24-,27?/m0/s1. The molecule has 140 valence electrons. The molecular weight excluding hydrogens is 349 g/mol. The van der Waals surface area contributed by atoms with Crippen molar-refractivity contribution in [2.75, 3.05) is 6.29 Å². The third kappa shape index (κ3) is 5.05. The topological polar surface area (TPSA) is 32.3 Å². The van der Waals surface area contributed by atoms with Crippen LogP contribution in [0.2, 0.25) is 0 Å². The minimum atomic E-state index is -0.526. The van der Waals surface area contributed by atoms with Crippen molar-refractivity contribution in [3.05, 3.63) is 96.1 Å². The monoisotopic (exact) mass is 377 g/mol. The quantitative estimate of drug-likeness (QED) is 0.572. The Kier molecular flexibility index (Phi) is 7.18. The van der Waals surface area contributed by atoms with Gasteiger partial charge in [-0.1, -0.05) is 91.9 Å². The lowest BCUT2D eigenvalue weighted by molar-refractivity contribution is 0.139. The Morgan fingerprint density at radius 2 is 1.44 bits per heavy atom. The van der Waals surface area contributed by atoms with E-state index in [0.717, 1.165) is 18.3 Å². The summed E-state index contributed by atoms with van der Waals surface area (Å²) in [6, 6.07) is 29.3. The van der Waals surface area contributed by atoms with Crippen LogP contribution in [0.3, 0.4) is 0 Å². The molecule has 0 aromatic heterocycles. The zero-order valence-electron chi connectivity index (χ0n) is 16.0. The molecule has 3 atom stereocenters. The lowest BCUT2D eigenvalue weighted by atomic mass is 10.0. The number of benzene rings is 3. The normalized spacial score (nSPS) is 14.5. The first-order chi connectivity index (χ1) is 13.2. The van der Waals surface area contributed by atoms with Gasteiger partial charge in [0.1, 0.15) is 0 Å². The van der Waals surface area contributed by atoms with Gasteiger partial charge < -0.3 is 10.4 Å². The highest BCUT2D eigenvalue weighted by atomic mass is 31.1. The van der Waals surface area contributed by atoms with Gasteiger partial charge in [-0.15, -0.1) is 0 Å². The largest absolute Gasteiger partial charge is 0.387 e. The van der Waals surface area contributed by atoms with Crippen LogP contribution in [0.15, 0.2) is 84.9 Å². The van der Waals surface area contributed by atoms with Crippen molar-refractivity contribution >= 4 is 18.5 Å². The third-order valence-corrected chi connectivity index (χ3v) is 7.36. The van der Waals surface area contributed by atoms with E-state index in [1.165, 1.54) is 16.2 Å². The van der Waals surface area contributed by atoms with Crippen LogP contribution in [0.5, 0.6) is 0 Å². The molecule has 2 nitrogen and oxygen atoms in total. The highest BCUT2D eigenvalue weighted by Crippen LogP contribution is 2.34. The summed E-state index contributed by atoms with van der Waals surface area (Å²) < 4.78 is 0. The Morgan fingerprint density at radius 1 is 0.852 bits per heavy atom. The first-order valence-corrected chi connectivity index (χ1v) is 11.1. The summed E-state index contributed by atoms with van der Waals surface area (Å²) in [5.41, 5.74) is 2.36. The Balaban J connectivity index is 1.80. The smallest absolute Gasteiger partial charge is 0.0940 e. The molecule has 0 bridgehead atoms. The van der Waals surface area contributed by atoms with Crippen molar-refractivity contribution in [1.29, 1.82) is 0 Å². The molecule has 0 aliphatic heterocycles. The molecule has 27 heavy (non-hydrogen) atoms. The van der Waals surface area contributed by atoms with Crippen LogP contribution in [-0.4, -0.2) is 17.4 Å². The molecule has 0 amide bonds. The molecule has 3 aromatic rings. The van der Waals surface area contributed by atoms with Crippen LogP contribution < -0.4 is 15.9 Å². The van der Waals surface area contributed by atoms with Gasteiger partial charge in [-0.25, -0.2) is 0 Å². The lowest BCUT2D eigenvalue weighted by Crippen LogP contribution is -2.35. The van der Waals surface area contributed by atoms with E-state index in [1.807, 2.05) is 30.3 Å². The first kappa shape index (κ1) is 19.8. The van der Waals surface area contributed by atoms with Gasteiger partial charge in [0.25, 0.3) is 0 Å². The van der Waals surface area contributed by atoms with E-state index in [0.29, 0.717) is 0 Å². The van der Waals surface area contributed by atoms with E-state index in [9.17, 15) is 5.11 Å². The maximum atomic E-state index is 10.7. The molecule has 0 saturated carbocycles. The van der Waals surface area contributed by atoms with Crippen molar-refractivity contribution in [3.8, 4) is 0 Å². The fourth-order valence-electron chi connectivity index (χ4n) is 3.28. The van der Waals surface area contributed by atoms with Crippen LogP contribution in [0.25, 0.3) is 0 Å². The maximum Gasteiger partial charge on any atom is 0.0940 e. The number of rotatable bonds is 8. The average molecular weight is 377 g/mol. The summed E-state index contributed by atoms with van der Waals surface area (Å²) in [7, 11) is -0.526. The van der Waals surface area contributed by atoms with Gasteiger partial charge in [0.2, 0.25) is 0 Å². The molecule has 3 rings (SSSR count). The Morgan fingerprint density at radius 3 is 2.11 bits per heavy atom. The van der Waals surface area contributed by atoms with Gasteiger partial charge in [0.05, 0.1) is 6.10 Å². The summed E-state index contributed by atoms with van der Waals surface area (Å²) in [5.74, 6) is 0. The number of hydrogen-bond donors (Lipinski definition) is 2. The molecular formula is C24H28NOP. The highest BCUT2D eigenvalue weighted by Gasteiger charge is 2.20. The SMILES string of the molecule is CCc1ccccc1P(CN[C@@H](C)[C@H](O)c1ccccc1)c1ccccc1. The number of hydrogen-bond acceptors (Lipinski definition) is 2. The molecule has 0 spiro atoms. The van der Waals surface area contributed by atoms with Crippen molar-refractivity contribution in [1.82, 2.24) is 5.32 Å². The molecule has 0 radical (unpaired) electrons. The molecule has 0 saturated heterocycles. The second-order valence-electron chi connectivity index (χ2n) is 6.75. The molecule has 0 aliphatic rings. The number of nitrogens with one attached hydrogen (secondary N) is 1. The van der Waals surface area contributed by atoms with Crippen LogP contribution in [0.1, 0.15) is 31.1 Å². The van der Waals surface area contributed by atoms with E-state index < -0.39 is 14.0 Å². The first-order valence-electron chi connectivity index (χ1n) is 9.57. The van der Waals surface area contributed by atoms with Crippen LogP contribution in [-0.2, 0) is 6.42 Å². The van der Waals surface area contributed by atoms with Gasteiger partial charge >= 0.3 is 0 Å². The van der Waals surface area contributed by atoms with Gasteiger partial charge in [0, 0.05) is 12.3 Å². The second-order valence-corrected chi connectivity index (χ2v) is 8.92. The van der Waals surface area contributed by atoms with Crippen LogP contribution >= 0.6 is 7.92 Å². The van der Waals surface area contributed by atoms with E-state index in [1.54, 1.807) is 0 Å². The highest BCUT2D eigenvalue weighted by molar-refractivity contribution is 7.73. The van der Waals surface area contributed by atoms with E-state index in [4.69, 9.17) is 0 Å². The van der Waals surface area contributed by atoms with E-state index in [-0.39, 0.29) is 6.04 Å². The molecule has 0 fully saturated rings. The van der Waals surface area contributed by atoms with Crippen LogP contribution in [0.4, 0.5) is 0 Å². The predicted molar refractivity (Wildman–Crippen MR) is 117 cm³/mol. The number of aliphatic hydroxyl groups is 1. The fourth-order valence-corrected chi connectivity index (χ4v) is 5.76. The average Bonchev–Trinajstić information content (AvgIpc) is 2.75. The third-order valence-electron chi connectivity index (χ3n) is 4.92. The molecule has 3 heteroatoms. The molecule has 3 aromatic carbocycles. The summed E-state index contributed by atoms with van der Waals surface area (Å²) >= 11 is 0. The van der Waals surface area contributed by atoms with Crippen LogP contribution in [0, 0.1) is 0 Å². The molecule has 2 N–H and O–H groups in total. The van der Waals surface area contributed by atoms with E-state index >= 15 is 0 Å². The zero-order chi connectivity index (χ0) is 19.1. The zero-order valence-corrected chi connectivity index (χ0v) is 16.9. The fraction of sp³-hybridized carbons (Fsp3) is 0.250. The van der Waals surface area contributed by atoms with Crippen molar-refractivity contribution in [2.45, 2.75) is 32.4 Å². The van der Waals surface area contributed by atoms with E-state index in [2.05, 4.69) is 73.8 Å². The summed E-state index contributed by atoms with van der Waals surface area (Å²) in [6.07, 6.45) is 1.37. The van der Waals surface area contributed by atoms with Gasteiger partial charge in [-0.2, -0.15) is 0 Å². The van der Waals surface area contributed by atoms with Crippen molar-refractivity contribution < 1.29 is 5.11 Å². The second kappa shape index (κ2) is 9.80. The summed E-state index contributed by atoms with van der Waals surface area (Å²) in [6.45, 7) is 4.27. The predicted octanol–water partition coefficient (Wildman–Crippen LogP) is 4.35. The number of aryl methyl sites for hydroxylation is 1. The minimum Gasteiger partial charge on any atom is -0.387 e. The maximum absolute atomic E-state index is 10.7. The summed E-state index contributed by atoms with van der Waals surface area (Å²) in [4.78, 5) is 0. The van der Waals surface area contributed by atoms with Gasteiger partial charge in [-0.3, -0.25) is 0 Å². The molecule has 0 heterocycles. The minimum absolute atomic E-state index is 0.0186. The van der Waals surface area contributed by atoms with Crippen molar-refractivity contribution in [2.24, 2.45) is 0 Å². The molecule has 0 aliphatic carbocycles. The lowest BCUT2D eigenvalue weighted by Gasteiger charge is -2.26. The Labute approximate surface area is 164 Å². The Bertz CT molecular complexity index is 822. The molecule has 1 unspecified atom stereocenters.